The van der Waals surface area contributed by atoms with Crippen LogP contribution in [0.2, 0.25) is 0 Å². The molecule has 0 radical (unpaired) electrons. The predicted molar refractivity (Wildman–Crippen MR) is 116 cm³/mol. The third-order valence-electron chi connectivity index (χ3n) is 5.16. The molecule has 0 aliphatic carbocycles. The number of para-hydroxylation sites is 1. The summed E-state index contributed by atoms with van der Waals surface area (Å²) in [4.78, 5) is 37.7. The Morgan fingerprint density at radius 1 is 1.03 bits per heavy atom. The number of ether oxygens (including phenoxy) is 1. The quantitative estimate of drug-likeness (QED) is 0.498. The fourth-order valence-electron chi connectivity index (χ4n) is 3.58. The molecule has 0 fully saturated rings. The lowest BCUT2D eigenvalue weighted by Crippen LogP contribution is -2.28. The molecule has 0 spiro atoms. The van der Waals surface area contributed by atoms with Crippen LogP contribution in [0.15, 0.2) is 66.7 Å². The highest BCUT2D eigenvalue weighted by Crippen LogP contribution is 2.30. The molecule has 1 N–H and O–H groups in total. The van der Waals surface area contributed by atoms with E-state index in [1.165, 1.54) is 19.2 Å². The van der Waals surface area contributed by atoms with Crippen LogP contribution in [0.4, 0.5) is 17.1 Å². The Morgan fingerprint density at radius 2 is 1.74 bits per heavy atom. The number of hydrogen-bond acceptors (Lipinski definition) is 5. The zero-order chi connectivity index (χ0) is 22.0. The molecule has 4 rings (SSSR count). The first-order valence-electron chi connectivity index (χ1n) is 9.61. The Kier molecular flexibility index (Phi) is 5.36. The largest absolute Gasteiger partial charge is 0.490 e. The van der Waals surface area contributed by atoms with Gasteiger partial charge in [0.05, 0.1) is 12.0 Å². The van der Waals surface area contributed by atoms with Crippen LogP contribution >= 0.6 is 0 Å². The van der Waals surface area contributed by atoms with E-state index in [0.29, 0.717) is 17.8 Å². The van der Waals surface area contributed by atoms with Gasteiger partial charge in [-0.1, -0.05) is 18.2 Å². The van der Waals surface area contributed by atoms with E-state index in [2.05, 4.69) is 5.32 Å². The average molecular weight is 417 g/mol. The molecule has 8 nitrogen and oxygen atoms in total. The van der Waals surface area contributed by atoms with E-state index < -0.39 is 10.8 Å². The first kappa shape index (κ1) is 20.1. The summed E-state index contributed by atoms with van der Waals surface area (Å²) in [6.07, 6.45) is 0.823. The van der Waals surface area contributed by atoms with Crippen molar-refractivity contribution in [2.75, 3.05) is 23.9 Å². The van der Waals surface area contributed by atoms with Gasteiger partial charge >= 0.3 is 5.69 Å². The van der Waals surface area contributed by atoms with Gasteiger partial charge in [-0.15, -0.1) is 0 Å². The van der Waals surface area contributed by atoms with E-state index in [0.717, 1.165) is 23.7 Å². The van der Waals surface area contributed by atoms with Crippen LogP contribution < -0.4 is 15.0 Å². The van der Waals surface area contributed by atoms with Crippen molar-refractivity contribution in [2.45, 2.75) is 6.42 Å². The van der Waals surface area contributed by atoms with Gasteiger partial charge in [-0.25, -0.2) is 0 Å². The molecular formula is C23H19N3O5. The molecule has 3 aromatic carbocycles. The molecule has 0 bridgehead atoms. The lowest BCUT2D eigenvalue weighted by molar-refractivity contribution is -0.385. The Hall–Kier alpha value is -4.20. The summed E-state index contributed by atoms with van der Waals surface area (Å²) in [5.74, 6) is -0.528. The normalized spacial score (nSPS) is 12.2. The zero-order valence-corrected chi connectivity index (χ0v) is 16.7. The number of carbonyl (C=O) groups excluding carboxylic acids is 2. The molecule has 0 unspecified atom stereocenters. The van der Waals surface area contributed by atoms with Crippen molar-refractivity contribution in [2.24, 2.45) is 0 Å². The number of methoxy groups -OCH3 is 1. The molecule has 0 atom stereocenters. The first-order chi connectivity index (χ1) is 15.0. The maximum absolute atomic E-state index is 12.9. The van der Waals surface area contributed by atoms with Crippen LogP contribution in [0.1, 0.15) is 26.3 Å². The van der Waals surface area contributed by atoms with Gasteiger partial charge in [-0.05, 0) is 54.4 Å². The number of nitro benzene ring substituents is 1. The Bertz CT molecular complexity index is 1170. The van der Waals surface area contributed by atoms with Gasteiger partial charge in [-0.3, -0.25) is 19.7 Å². The fourth-order valence-corrected chi connectivity index (χ4v) is 3.58. The van der Waals surface area contributed by atoms with Crippen LogP contribution in [0.3, 0.4) is 0 Å². The van der Waals surface area contributed by atoms with Crippen molar-refractivity contribution in [3.8, 4) is 5.75 Å². The van der Waals surface area contributed by atoms with Gasteiger partial charge in [0.15, 0.2) is 5.75 Å². The van der Waals surface area contributed by atoms with Crippen molar-refractivity contribution in [3.05, 3.63) is 93.5 Å². The van der Waals surface area contributed by atoms with E-state index in [-0.39, 0.29) is 22.9 Å². The maximum atomic E-state index is 12.9. The van der Waals surface area contributed by atoms with Gasteiger partial charge in [0.1, 0.15) is 0 Å². The number of anilines is 2. The smallest absolute Gasteiger partial charge is 0.311 e. The maximum Gasteiger partial charge on any atom is 0.311 e. The summed E-state index contributed by atoms with van der Waals surface area (Å²) in [5.41, 5.74) is 2.89. The number of fused-ring (bicyclic) bond motifs is 1. The number of hydrogen-bond donors (Lipinski definition) is 1. The van der Waals surface area contributed by atoms with Crippen LogP contribution in [-0.2, 0) is 6.42 Å². The molecular weight excluding hydrogens is 398 g/mol. The molecule has 0 saturated heterocycles. The minimum atomic E-state index is -0.605. The molecule has 31 heavy (non-hydrogen) atoms. The lowest BCUT2D eigenvalue weighted by atomic mass is 10.1. The highest BCUT2D eigenvalue weighted by molar-refractivity contribution is 6.08. The number of nitro groups is 1. The van der Waals surface area contributed by atoms with Crippen molar-refractivity contribution >= 4 is 28.9 Å². The predicted octanol–water partition coefficient (Wildman–Crippen LogP) is 4.06. The Labute approximate surface area is 178 Å². The van der Waals surface area contributed by atoms with Crippen LogP contribution in [0, 0.1) is 10.1 Å². The Balaban J connectivity index is 1.48. The third-order valence-corrected chi connectivity index (χ3v) is 5.16. The highest BCUT2D eigenvalue weighted by Gasteiger charge is 2.25. The zero-order valence-electron chi connectivity index (χ0n) is 16.7. The molecule has 0 saturated carbocycles. The van der Waals surface area contributed by atoms with E-state index >= 15 is 0 Å². The summed E-state index contributed by atoms with van der Waals surface area (Å²) < 4.78 is 4.95. The molecule has 1 aliphatic heterocycles. The monoisotopic (exact) mass is 417 g/mol. The number of amides is 2. The van der Waals surface area contributed by atoms with E-state index in [1.54, 1.807) is 29.2 Å². The standard InChI is InChI=1S/C23H19N3O5/c1-31-21-11-8-17(14-20(21)26(29)30)22(27)24-18-9-6-16(7-10-18)23(28)25-13-12-15-4-2-3-5-19(15)25/h2-11,14H,12-13H2,1H3,(H,24,27). The topological polar surface area (TPSA) is 102 Å². The number of rotatable bonds is 5. The Morgan fingerprint density at radius 3 is 2.45 bits per heavy atom. The number of benzene rings is 3. The molecule has 2 amide bonds. The first-order valence-corrected chi connectivity index (χ1v) is 9.61. The highest BCUT2D eigenvalue weighted by atomic mass is 16.6. The molecule has 3 aromatic rings. The van der Waals surface area contributed by atoms with Crippen LogP contribution in [0.25, 0.3) is 0 Å². The molecule has 1 heterocycles. The van der Waals surface area contributed by atoms with E-state index in [9.17, 15) is 19.7 Å². The third kappa shape index (κ3) is 3.95. The number of carbonyl (C=O) groups is 2. The molecule has 1 aliphatic rings. The van der Waals surface area contributed by atoms with Crippen molar-refractivity contribution in [1.82, 2.24) is 0 Å². The van der Waals surface area contributed by atoms with Crippen molar-refractivity contribution < 1.29 is 19.2 Å². The second-order valence-corrected chi connectivity index (χ2v) is 7.01. The minimum absolute atomic E-state index is 0.0768. The minimum Gasteiger partial charge on any atom is -0.490 e. The molecule has 156 valence electrons. The van der Waals surface area contributed by atoms with Gasteiger partial charge in [0.2, 0.25) is 0 Å². The summed E-state index contributed by atoms with van der Waals surface area (Å²) in [7, 11) is 1.33. The van der Waals surface area contributed by atoms with Gasteiger partial charge < -0.3 is 15.0 Å². The summed E-state index contributed by atoms with van der Waals surface area (Å²) in [6, 6.07) is 18.4. The fraction of sp³-hybridized carbons (Fsp3) is 0.130. The van der Waals surface area contributed by atoms with Crippen LogP contribution in [-0.4, -0.2) is 30.4 Å². The molecule has 0 aromatic heterocycles. The van der Waals surface area contributed by atoms with E-state index in [1.807, 2.05) is 24.3 Å². The second-order valence-electron chi connectivity index (χ2n) is 7.01. The van der Waals surface area contributed by atoms with Gasteiger partial charge in [0, 0.05) is 35.1 Å². The number of nitrogens with one attached hydrogen (secondary N) is 1. The second kappa shape index (κ2) is 8.27. The van der Waals surface area contributed by atoms with Gasteiger partial charge in [0.25, 0.3) is 11.8 Å². The summed E-state index contributed by atoms with van der Waals surface area (Å²) in [5, 5.41) is 13.8. The van der Waals surface area contributed by atoms with Crippen LogP contribution in [0.5, 0.6) is 5.75 Å². The molecule has 8 heteroatoms. The average Bonchev–Trinajstić information content (AvgIpc) is 3.22. The summed E-state index contributed by atoms with van der Waals surface area (Å²) >= 11 is 0. The summed E-state index contributed by atoms with van der Waals surface area (Å²) in [6.45, 7) is 0.632. The lowest BCUT2D eigenvalue weighted by Gasteiger charge is -2.17. The number of nitrogens with zero attached hydrogens (tertiary/aromatic N) is 2. The van der Waals surface area contributed by atoms with E-state index in [4.69, 9.17) is 4.74 Å². The SMILES string of the molecule is COc1ccc(C(=O)Nc2ccc(C(=O)N3CCc4ccccc43)cc2)cc1[N+](=O)[O-]. The van der Waals surface area contributed by atoms with Gasteiger partial charge in [-0.2, -0.15) is 0 Å². The van der Waals surface area contributed by atoms with Crippen molar-refractivity contribution in [1.29, 1.82) is 0 Å². The van der Waals surface area contributed by atoms with Crippen molar-refractivity contribution in [3.63, 3.8) is 0 Å².